The Bertz CT molecular complexity index is 652. The van der Waals surface area contributed by atoms with Gasteiger partial charge in [-0.25, -0.2) is 0 Å². The predicted octanol–water partition coefficient (Wildman–Crippen LogP) is 6.52. The maximum atomic E-state index is 6.12. The molecule has 1 N–H and O–H groups in total. The standard InChI is InChI=1S/C22H30BrNO2.ClH/c1-3-4-5-6-10-13-24-16-19-14-20(23)15-21(25-2)22(19)26-17-18-11-8-7-9-12-18;/h7-9,11-12,14-15,24H,3-6,10,13,16-17H2,1-2H3;1H. The van der Waals surface area contributed by atoms with Crippen LogP contribution in [0.1, 0.15) is 50.2 Å². The Morgan fingerprint density at radius 1 is 1.00 bits per heavy atom. The minimum Gasteiger partial charge on any atom is -0.493 e. The normalized spacial score (nSPS) is 10.3. The zero-order chi connectivity index (χ0) is 18.6. The second-order valence-corrected chi connectivity index (χ2v) is 7.38. The fraction of sp³-hybridized carbons (Fsp3) is 0.455. The van der Waals surface area contributed by atoms with Gasteiger partial charge in [0.15, 0.2) is 11.5 Å². The van der Waals surface area contributed by atoms with Gasteiger partial charge in [-0.15, -0.1) is 12.4 Å². The fourth-order valence-electron chi connectivity index (χ4n) is 2.88. The van der Waals surface area contributed by atoms with Gasteiger partial charge >= 0.3 is 0 Å². The summed E-state index contributed by atoms with van der Waals surface area (Å²) in [6, 6.07) is 14.3. The average Bonchev–Trinajstić information content (AvgIpc) is 2.66. The smallest absolute Gasteiger partial charge is 0.166 e. The van der Waals surface area contributed by atoms with E-state index in [-0.39, 0.29) is 12.4 Å². The summed E-state index contributed by atoms with van der Waals surface area (Å²) in [7, 11) is 1.68. The molecule has 2 rings (SSSR count). The highest BCUT2D eigenvalue weighted by Crippen LogP contribution is 2.35. The molecule has 0 aliphatic heterocycles. The molecule has 0 bridgehead atoms. The lowest BCUT2D eigenvalue weighted by Gasteiger charge is -2.16. The molecule has 0 atom stereocenters. The molecule has 0 saturated heterocycles. The molecular weight excluding hydrogens is 426 g/mol. The molecule has 0 heterocycles. The first-order valence-electron chi connectivity index (χ1n) is 9.48. The highest BCUT2D eigenvalue weighted by molar-refractivity contribution is 9.10. The first-order chi connectivity index (χ1) is 12.7. The van der Waals surface area contributed by atoms with Crippen molar-refractivity contribution < 1.29 is 9.47 Å². The maximum absolute atomic E-state index is 6.12. The van der Waals surface area contributed by atoms with Crippen molar-refractivity contribution in [2.45, 2.75) is 52.2 Å². The summed E-state index contributed by atoms with van der Waals surface area (Å²) >= 11 is 3.57. The highest BCUT2D eigenvalue weighted by atomic mass is 79.9. The van der Waals surface area contributed by atoms with Gasteiger partial charge in [-0.2, -0.15) is 0 Å². The molecule has 0 aliphatic carbocycles. The summed E-state index contributed by atoms with van der Waals surface area (Å²) in [6.45, 7) is 4.57. The topological polar surface area (TPSA) is 30.5 Å². The lowest BCUT2D eigenvalue weighted by Crippen LogP contribution is -2.16. The molecule has 0 fully saturated rings. The Kier molecular flexibility index (Phi) is 12.2. The average molecular weight is 457 g/mol. The van der Waals surface area contributed by atoms with Crippen LogP contribution in [0.3, 0.4) is 0 Å². The van der Waals surface area contributed by atoms with Crippen LogP contribution in [-0.2, 0) is 13.2 Å². The van der Waals surface area contributed by atoms with E-state index in [0.29, 0.717) is 6.61 Å². The van der Waals surface area contributed by atoms with E-state index in [1.165, 1.54) is 32.1 Å². The lowest BCUT2D eigenvalue weighted by atomic mass is 10.1. The third-order valence-electron chi connectivity index (χ3n) is 4.32. The highest BCUT2D eigenvalue weighted by Gasteiger charge is 2.13. The van der Waals surface area contributed by atoms with Crippen LogP contribution in [0.2, 0.25) is 0 Å². The van der Waals surface area contributed by atoms with Crippen LogP contribution in [0.5, 0.6) is 11.5 Å². The Morgan fingerprint density at radius 3 is 2.44 bits per heavy atom. The summed E-state index contributed by atoms with van der Waals surface area (Å²) in [5.74, 6) is 1.58. The van der Waals surface area contributed by atoms with Crippen molar-refractivity contribution in [2.75, 3.05) is 13.7 Å². The summed E-state index contributed by atoms with van der Waals surface area (Å²) in [5.41, 5.74) is 2.26. The number of hydrogen-bond acceptors (Lipinski definition) is 3. The minimum absolute atomic E-state index is 0. The van der Waals surface area contributed by atoms with Gasteiger partial charge in [0, 0.05) is 16.6 Å². The predicted molar refractivity (Wildman–Crippen MR) is 119 cm³/mol. The SMILES string of the molecule is CCCCCCCNCc1cc(Br)cc(OC)c1OCc1ccccc1.Cl. The van der Waals surface area contributed by atoms with Crippen LogP contribution in [0, 0.1) is 0 Å². The zero-order valence-corrected chi connectivity index (χ0v) is 18.7. The van der Waals surface area contributed by atoms with E-state index < -0.39 is 0 Å². The summed E-state index contributed by atoms with van der Waals surface area (Å²) in [6.07, 6.45) is 6.45. The second kappa shape index (κ2) is 13.9. The van der Waals surface area contributed by atoms with E-state index in [0.717, 1.165) is 40.2 Å². The molecule has 0 amide bonds. The van der Waals surface area contributed by atoms with Crippen LogP contribution in [0.25, 0.3) is 0 Å². The maximum Gasteiger partial charge on any atom is 0.166 e. The minimum atomic E-state index is 0. The van der Waals surface area contributed by atoms with Gasteiger partial charge in [-0.1, -0.05) is 78.9 Å². The van der Waals surface area contributed by atoms with Crippen LogP contribution in [0.4, 0.5) is 0 Å². The Labute approximate surface area is 178 Å². The van der Waals surface area contributed by atoms with E-state index in [2.05, 4.69) is 46.4 Å². The van der Waals surface area contributed by atoms with E-state index in [4.69, 9.17) is 9.47 Å². The molecule has 5 heteroatoms. The van der Waals surface area contributed by atoms with Crippen LogP contribution in [0.15, 0.2) is 46.9 Å². The molecular formula is C22H31BrClNO2. The molecule has 3 nitrogen and oxygen atoms in total. The molecule has 0 saturated carbocycles. The van der Waals surface area contributed by atoms with Crippen LogP contribution in [-0.4, -0.2) is 13.7 Å². The molecule has 150 valence electrons. The van der Waals surface area contributed by atoms with E-state index >= 15 is 0 Å². The van der Waals surface area contributed by atoms with Gasteiger partial charge in [-0.05, 0) is 30.7 Å². The first-order valence-corrected chi connectivity index (χ1v) is 10.3. The summed E-state index contributed by atoms with van der Waals surface area (Å²) in [4.78, 5) is 0. The number of rotatable bonds is 12. The van der Waals surface area contributed by atoms with E-state index in [1.54, 1.807) is 7.11 Å². The number of unbranched alkanes of at least 4 members (excludes halogenated alkanes) is 4. The summed E-state index contributed by atoms with van der Waals surface area (Å²) in [5, 5.41) is 3.54. The van der Waals surface area contributed by atoms with Gasteiger partial charge in [0.25, 0.3) is 0 Å². The number of ether oxygens (including phenoxy) is 2. The zero-order valence-electron chi connectivity index (χ0n) is 16.3. The van der Waals surface area contributed by atoms with Gasteiger partial charge < -0.3 is 14.8 Å². The fourth-order valence-corrected chi connectivity index (χ4v) is 3.36. The van der Waals surface area contributed by atoms with Crippen molar-refractivity contribution in [1.29, 1.82) is 0 Å². The lowest BCUT2D eigenvalue weighted by molar-refractivity contribution is 0.280. The summed E-state index contributed by atoms with van der Waals surface area (Å²) < 4.78 is 12.7. The van der Waals surface area contributed by atoms with Crippen molar-refractivity contribution in [3.05, 3.63) is 58.1 Å². The van der Waals surface area contributed by atoms with Crippen molar-refractivity contribution in [3.8, 4) is 11.5 Å². The van der Waals surface area contributed by atoms with Crippen molar-refractivity contribution in [1.82, 2.24) is 5.32 Å². The number of nitrogens with one attached hydrogen (secondary N) is 1. The molecule has 2 aromatic carbocycles. The largest absolute Gasteiger partial charge is 0.493 e. The first kappa shape index (κ1) is 23.8. The Morgan fingerprint density at radius 2 is 1.74 bits per heavy atom. The monoisotopic (exact) mass is 455 g/mol. The molecule has 0 spiro atoms. The molecule has 2 aromatic rings. The van der Waals surface area contributed by atoms with Gasteiger partial charge in [0.2, 0.25) is 0 Å². The van der Waals surface area contributed by atoms with Crippen LogP contribution >= 0.6 is 28.3 Å². The quantitative estimate of drug-likeness (QED) is 0.369. The molecule has 27 heavy (non-hydrogen) atoms. The third-order valence-corrected chi connectivity index (χ3v) is 4.77. The van der Waals surface area contributed by atoms with E-state index in [1.807, 2.05) is 24.3 Å². The van der Waals surface area contributed by atoms with Crippen molar-refractivity contribution in [2.24, 2.45) is 0 Å². The number of halogens is 2. The van der Waals surface area contributed by atoms with E-state index in [9.17, 15) is 0 Å². The van der Waals surface area contributed by atoms with Crippen molar-refractivity contribution in [3.63, 3.8) is 0 Å². The number of benzene rings is 2. The Balaban J connectivity index is 0.00000364. The van der Waals surface area contributed by atoms with Gasteiger partial charge in [0.1, 0.15) is 6.61 Å². The third kappa shape index (κ3) is 8.54. The van der Waals surface area contributed by atoms with Gasteiger partial charge in [-0.3, -0.25) is 0 Å². The molecule has 0 aromatic heterocycles. The van der Waals surface area contributed by atoms with Crippen LogP contribution < -0.4 is 14.8 Å². The van der Waals surface area contributed by atoms with Gasteiger partial charge in [0.05, 0.1) is 7.11 Å². The molecule has 0 radical (unpaired) electrons. The molecule has 0 unspecified atom stereocenters. The Hall–Kier alpha value is -1.23. The number of hydrogen-bond donors (Lipinski definition) is 1. The molecule has 0 aliphatic rings. The second-order valence-electron chi connectivity index (χ2n) is 6.46. The van der Waals surface area contributed by atoms with Crippen molar-refractivity contribution >= 4 is 28.3 Å². The number of methoxy groups -OCH3 is 1.